The van der Waals surface area contributed by atoms with Gasteiger partial charge in [0, 0.05) is 16.5 Å². The molecule has 5 heteroatoms. The molecule has 2 aromatic rings. The van der Waals surface area contributed by atoms with Gasteiger partial charge >= 0.3 is 0 Å². The van der Waals surface area contributed by atoms with Crippen LogP contribution in [0.3, 0.4) is 0 Å². The monoisotopic (exact) mass is 318 g/mol. The predicted octanol–water partition coefficient (Wildman–Crippen LogP) is 3.11. The molecule has 0 aliphatic carbocycles. The van der Waals surface area contributed by atoms with Crippen LogP contribution in [0.15, 0.2) is 41.8 Å². The first-order valence-corrected chi connectivity index (χ1v) is 8.19. The molecule has 2 N–H and O–H groups in total. The second-order valence-corrected chi connectivity index (χ2v) is 6.18. The van der Waals surface area contributed by atoms with Crippen molar-refractivity contribution in [3.8, 4) is 5.75 Å². The maximum atomic E-state index is 12.2. The largest absolute Gasteiger partial charge is 0.496 e. The van der Waals surface area contributed by atoms with Gasteiger partial charge in [0.25, 0.3) is 0 Å². The third-order valence-corrected chi connectivity index (χ3v) is 4.39. The molecule has 0 unspecified atom stereocenters. The van der Waals surface area contributed by atoms with E-state index in [1.165, 1.54) is 0 Å². The molecule has 1 heterocycles. The van der Waals surface area contributed by atoms with Crippen molar-refractivity contribution in [1.82, 2.24) is 10.6 Å². The second kappa shape index (κ2) is 7.96. The van der Waals surface area contributed by atoms with Crippen LogP contribution in [0, 0.1) is 0 Å². The van der Waals surface area contributed by atoms with Crippen molar-refractivity contribution in [1.29, 1.82) is 0 Å². The minimum atomic E-state index is -0.278. The summed E-state index contributed by atoms with van der Waals surface area (Å²) < 4.78 is 5.37. The van der Waals surface area contributed by atoms with E-state index < -0.39 is 0 Å². The molecule has 1 aromatic carbocycles. The van der Waals surface area contributed by atoms with Crippen LogP contribution in [0.2, 0.25) is 0 Å². The van der Waals surface area contributed by atoms with E-state index in [1.807, 2.05) is 55.6 Å². The Hall–Kier alpha value is -1.85. The van der Waals surface area contributed by atoms with E-state index in [2.05, 4.69) is 10.6 Å². The number of methoxy groups -OCH3 is 1. The van der Waals surface area contributed by atoms with E-state index in [-0.39, 0.29) is 18.0 Å². The molecule has 2 atom stereocenters. The van der Waals surface area contributed by atoms with Crippen LogP contribution in [0.4, 0.5) is 0 Å². The number of rotatable bonds is 7. The first-order chi connectivity index (χ1) is 10.6. The lowest BCUT2D eigenvalue weighted by atomic mass is 10.1. The van der Waals surface area contributed by atoms with Crippen LogP contribution in [0.5, 0.6) is 5.75 Å². The molecule has 4 nitrogen and oxygen atoms in total. The molecule has 0 radical (unpaired) electrons. The van der Waals surface area contributed by atoms with Crippen molar-refractivity contribution >= 4 is 17.2 Å². The molecule has 0 saturated carbocycles. The summed E-state index contributed by atoms with van der Waals surface area (Å²) in [6, 6.07) is 11.6. The number of carbonyl (C=O) groups excluding carboxylic acids is 1. The summed E-state index contributed by atoms with van der Waals surface area (Å²) in [4.78, 5) is 13.3. The molecular formula is C17H22N2O2S. The molecule has 0 spiro atoms. The highest BCUT2D eigenvalue weighted by atomic mass is 32.1. The fourth-order valence-corrected chi connectivity index (χ4v) is 2.95. The topological polar surface area (TPSA) is 50.4 Å². The average Bonchev–Trinajstić information content (AvgIpc) is 3.05. The van der Waals surface area contributed by atoms with Gasteiger partial charge in [0.2, 0.25) is 5.91 Å². The van der Waals surface area contributed by atoms with Gasteiger partial charge in [-0.2, -0.15) is 0 Å². The van der Waals surface area contributed by atoms with Crippen LogP contribution >= 0.6 is 11.3 Å². The number of hydrogen-bond donors (Lipinski definition) is 2. The Morgan fingerprint density at radius 2 is 2.00 bits per heavy atom. The van der Waals surface area contributed by atoms with Crippen molar-refractivity contribution in [2.75, 3.05) is 7.11 Å². The molecule has 0 saturated heterocycles. The third-order valence-electron chi connectivity index (χ3n) is 3.52. The number of hydrogen-bond acceptors (Lipinski definition) is 4. The van der Waals surface area contributed by atoms with Crippen LogP contribution in [-0.4, -0.2) is 19.1 Å². The summed E-state index contributed by atoms with van der Waals surface area (Å²) in [5.74, 6) is 0.823. The highest BCUT2D eigenvalue weighted by molar-refractivity contribution is 7.09. The Morgan fingerprint density at radius 3 is 2.68 bits per heavy atom. The lowest BCUT2D eigenvalue weighted by Gasteiger charge is -2.21. The number of nitrogens with one attached hydrogen (secondary N) is 2. The van der Waals surface area contributed by atoms with Crippen molar-refractivity contribution in [3.05, 3.63) is 52.2 Å². The summed E-state index contributed by atoms with van der Waals surface area (Å²) in [6.07, 6.45) is 0. The highest BCUT2D eigenvalue weighted by Crippen LogP contribution is 2.24. The Morgan fingerprint density at radius 1 is 1.23 bits per heavy atom. The molecule has 118 valence electrons. The molecule has 1 amide bonds. The fraction of sp³-hybridized carbons (Fsp3) is 0.353. The molecule has 0 aliphatic heterocycles. The van der Waals surface area contributed by atoms with Gasteiger partial charge in [0.15, 0.2) is 0 Å². The van der Waals surface area contributed by atoms with Gasteiger partial charge in [-0.25, -0.2) is 0 Å². The van der Waals surface area contributed by atoms with E-state index in [9.17, 15) is 4.79 Å². The summed E-state index contributed by atoms with van der Waals surface area (Å²) in [6.45, 7) is 4.47. The van der Waals surface area contributed by atoms with Crippen molar-refractivity contribution in [2.24, 2.45) is 0 Å². The number of benzene rings is 1. The van der Waals surface area contributed by atoms with E-state index in [4.69, 9.17) is 4.74 Å². The zero-order valence-corrected chi connectivity index (χ0v) is 13.9. The summed E-state index contributed by atoms with van der Waals surface area (Å²) in [5.41, 5.74) is 1.04. The second-order valence-electron chi connectivity index (χ2n) is 5.15. The van der Waals surface area contributed by atoms with E-state index in [0.717, 1.165) is 16.2 Å². The third kappa shape index (κ3) is 4.32. The summed E-state index contributed by atoms with van der Waals surface area (Å²) in [7, 11) is 1.66. The Labute approximate surface area is 135 Å². The van der Waals surface area contributed by atoms with Crippen LogP contribution in [-0.2, 0) is 11.3 Å². The molecule has 1 aromatic heterocycles. The van der Waals surface area contributed by atoms with Gasteiger partial charge in [-0.15, -0.1) is 11.3 Å². The van der Waals surface area contributed by atoms with E-state index in [1.54, 1.807) is 18.4 Å². The number of para-hydroxylation sites is 1. The maximum Gasteiger partial charge on any atom is 0.237 e. The Kier molecular flexibility index (Phi) is 5.98. The number of ether oxygens (including phenoxy) is 1. The molecular weight excluding hydrogens is 296 g/mol. The number of carbonyl (C=O) groups is 1. The SMILES string of the molecule is COc1ccccc1[C@H](C)N[C@H](C)C(=O)NCc1cccs1. The molecule has 22 heavy (non-hydrogen) atoms. The van der Waals surface area contributed by atoms with E-state index in [0.29, 0.717) is 6.54 Å². The standard InChI is InChI=1S/C17H22N2O2S/c1-12(15-8-4-5-9-16(15)21-3)19-13(2)17(20)18-11-14-7-6-10-22-14/h4-10,12-13,19H,11H2,1-3H3,(H,18,20)/t12-,13+/m0/s1. The smallest absolute Gasteiger partial charge is 0.237 e. The van der Waals surface area contributed by atoms with Crippen LogP contribution in [0.1, 0.15) is 30.3 Å². The maximum absolute atomic E-state index is 12.2. The fourth-order valence-electron chi connectivity index (χ4n) is 2.31. The van der Waals surface area contributed by atoms with Crippen LogP contribution < -0.4 is 15.4 Å². The molecule has 2 rings (SSSR count). The Bertz CT molecular complexity index is 598. The minimum absolute atomic E-state index is 0.00449. The summed E-state index contributed by atoms with van der Waals surface area (Å²) >= 11 is 1.64. The predicted molar refractivity (Wildman–Crippen MR) is 90.2 cm³/mol. The zero-order chi connectivity index (χ0) is 15.9. The number of amides is 1. The van der Waals surface area contributed by atoms with Crippen LogP contribution in [0.25, 0.3) is 0 Å². The molecule has 0 aliphatic rings. The van der Waals surface area contributed by atoms with Crippen molar-refractivity contribution in [2.45, 2.75) is 32.5 Å². The van der Waals surface area contributed by atoms with Gasteiger partial charge in [0.1, 0.15) is 5.75 Å². The first-order valence-electron chi connectivity index (χ1n) is 7.31. The van der Waals surface area contributed by atoms with Gasteiger partial charge in [-0.05, 0) is 31.4 Å². The van der Waals surface area contributed by atoms with Gasteiger partial charge < -0.3 is 10.1 Å². The number of thiophene rings is 1. The Balaban J connectivity index is 1.90. The highest BCUT2D eigenvalue weighted by Gasteiger charge is 2.18. The van der Waals surface area contributed by atoms with Crippen molar-refractivity contribution < 1.29 is 9.53 Å². The quantitative estimate of drug-likeness (QED) is 0.825. The van der Waals surface area contributed by atoms with Gasteiger partial charge in [0.05, 0.1) is 19.7 Å². The normalized spacial score (nSPS) is 13.4. The molecule has 0 bridgehead atoms. The van der Waals surface area contributed by atoms with Gasteiger partial charge in [-0.3, -0.25) is 10.1 Å². The lowest BCUT2D eigenvalue weighted by molar-refractivity contribution is -0.123. The van der Waals surface area contributed by atoms with Crippen molar-refractivity contribution in [3.63, 3.8) is 0 Å². The lowest BCUT2D eigenvalue weighted by Crippen LogP contribution is -2.42. The van der Waals surface area contributed by atoms with E-state index >= 15 is 0 Å². The van der Waals surface area contributed by atoms with Gasteiger partial charge in [-0.1, -0.05) is 24.3 Å². The summed E-state index contributed by atoms with van der Waals surface area (Å²) in [5, 5.41) is 8.27. The molecule has 0 fully saturated rings. The zero-order valence-electron chi connectivity index (χ0n) is 13.1. The minimum Gasteiger partial charge on any atom is -0.496 e. The average molecular weight is 318 g/mol. The first kappa shape index (κ1) is 16.5.